The molecule has 2 nitrogen and oxygen atoms in total. The molecule has 2 heteroatoms. The van der Waals surface area contributed by atoms with Crippen molar-refractivity contribution in [1.29, 1.82) is 0 Å². The number of nitrogens with zero attached hydrogens (tertiary/aromatic N) is 1. The lowest BCUT2D eigenvalue weighted by atomic mass is 9.91. The Labute approximate surface area is 104 Å². The van der Waals surface area contributed by atoms with Crippen LogP contribution in [0.1, 0.15) is 44.2 Å². The predicted octanol–water partition coefficient (Wildman–Crippen LogP) is 2.80. The Morgan fingerprint density at radius 2 is 2.06 bits per heavy atom. The summed E-state index contributed by atoms with van der Waals surface area (Å²) in [5.41, 5.74) is 10.2. The molecule has 1 aromatic rings. The topological polar surface area (TPSA) is 29.3 Å². The molecule has 0 amide bonds. The smallest absolute Gasteiger partial charge is 0.0402 e. The average Bonchev–Trinajstić information content (AvgIpc) is 2.57. The molecule has 0 spiro atoms. The third-order valence-electron chi connectivity index (χ3n) is 4.27. The molecule has 1 aliphatic carbocycles. The highest BCUT2D eigenvalue weighted by Gasteiger charge is 2.30. The van der Waals surface area contributed by atoms with Crippen molar-refractivity contribution >= 4 is 5.69 Å². The van der Waals surface area contributed by atoms with Gasteiger partial charge in [-0.05, 0) is 56.7 Å². The molecule has 1 heterocycles. The van der Waals surface area contributed by atoms with Crippen LogP contribution < -0.4 is 10.6 Å². The second-order valence-corrected chi connectivity index (χ2v) is 6.09. The highest BCUT2D eigenvalue weighted by Crippen LogP contribution is 2.37. The minimum absolute atomic E-state index is 0.223. The fraction of sp³-hybridized carbons (Fsp3) is 0.600. The van der Waals surface area contributed by atoms with Crippen LogP contribution in [0.4, 0.5) is 5.69 Å². The zero-order valence-electron chi connectivity index (χ0n) is 10.9. The SMILES string of the molecule is CC(C)(N)c1ccc2c(c1)CCN2C1CCC1. The summed E-state index contributed by atoms with van der Waals surface area (Å²) in [5.74, 6) is 0. The van der Waals surface area contributed by atoms with Gasteiger partial charge in [0.25, 0.3) is 0 Å². The fourth-order valence-corrected chi connectivity index (χ4v) is 2.91. The van der Waals surface area contributed by atoms with E-state index in [2.05, 4.69) is 36.9 Å². The van der Waals surface area contributed by atoms with E-state index in [-0.39, 0.29) is 5.54 Å². The first-order valence-corrected chi connectivity index (χ1v) is 6.74. The fourth-order valence-electron chi connectivity index (χ4n) is 2.91. The van der Waals surface area contributed by atoms with Gasteiger partial charge < -0.3 is 10.6 Å². The molecule has 1 aromatic carbocycles. The van der Waals surface area contributed by atoms with Gasteiger partial charge in [0.1, 0.15) is 0 Å². The van der Waals surface area contributed by atoms with Crippen molar-refractivity contribution in [2.45, 2.75) is 51.1 Å². The first-order valence-electron chi connectivity index (χ1n) is 6.74. The lowest BCUT2D eigenvalue weighted by molar-refractivity contribution is 0.392. The number of fused-ring (bicyclic) bond motifs is 1. The van der Waals surface area contributed by atoms with Gasteiger partial charge in [-0.3, -0.25) is 0 Å². The van der Waals surface area contributed by atoms with Crippen molar-refractivity contribution in [3.05, 3.63) is 29.3 Å². The number of rotatable bonds is 2. The zero-order chi connectivity index (χ0) is 12.0. The summed E-state index contributed by atoms with van der Waals surface area (Å²) in [4.78, 5) is 2.60. The van der Waals surface area contributed by atoms with Crippen molar-refractivity contribution in [3.8, 4) is 0 Å². The van der Waals surface area contributed by atoms with Gasteiger partial charge in [0.2, 0.25) is 0 Å². The molecule has 0 aromatic heterocycles. The molecule has 92 valence electrons. The Hall–Kier alpha value is -1.02. The molecule has 2 aliphatic rings. The van der Waals surface area contributed by atoms with E-state index in [1.807, 2.05) is 0 Å². The molecule has 1 fully saturated rings. The molecule has 0 saturated heterocycles. The van der Waals surface area contributed by atoms with Crippen LogP contribution in [0.5, 0.6) is 0 Å². The maximum Gasteiger partial charge on any atom is 0.0402 e. The monoisotopic (exact) mass is 230 g/mol. The average molecular weight is 230 g/mol. The van der Waals surface area contributed by atoms with E-state index >= 15 is 0 Å². The van der Waals surface area contributed by atoms with Crippen molar-refractivity contribution in [2.24, 2.45) is 5.73 Å². The molecule has 17 heavy (non-hydrogen) atoms. The number of nitrogens with two attached hydrogens (primary N) is 1. The summed E-state index contributed by atoms with van der Waals surface area (Å²) < 4.78 is 0. The molecular weight excluding hydrogens is 208 g/mol. The summed E-state index contributed by atoms with van der Waals surface area (Å²) in [6, 6.07) is 7.61. The summed E-state index contributed by atoms with van der Waals surface area (Å²) in [5, 5.41) is 0. The van der Waals surface area contributed by atoms with Gasteiger partial charge >= 0.3 is 0 Å². The maximum atomic E-state index is 6.17. The van der Waals surface area contributed by atoms with Gasteiger partial charge in [-0.25, -0.2) is 0 Å². The van der Waals surface area contributed by atoms with Gasteiger partial charge in [0.05, 0.1) is 0 Å². The Morgan fingerprint density at radius 3 is 2.65 bits per heavy atom. The van der Waals surface area contributed by atoms with Crippen LogP contribution in [0, 0.1) is 0 Å². The normalized spacial score (nSPS) is 20.3. The van der Waals surface area contributed by atoms with E-state index in [1.165, 1.54) is 49.0 Å². The quantitative estimate of drug-likeness (QED) is 0.846. The Balaban J connectivity index is 1.91. The van der Waals surface area contributed by atoms with E-state index in [0.29, 0.717) is 0 Å². The first kappa shape index (κ1) is 11.1. The Kier molecular flexibility index (Phi) is 2.44. The van der Waals surface area contributed by atoms with Gasteiger partial charge in [0, 0.05) is 23.8 Å². The van der Waals surface area contributed by atoms with Crippen LogP contribution in [0.25, 0.3) is 0 Å². The zero-order valence-corrected chi connectivity index (χ0v) is 10.9. The molecule has 1 saturated carbocycles. The molecule has 1 aliphatic heterocycles. The van der Waals surface area contributed by atoms with Gasteiger partial charge in [-0.15, -0.1) is 0 Å². The Morgan fingerprint density at radius 1 is 1.29 bits per heavy atom. The number of hydrogen-bond acceptors (Lipinski definition) is 2. The minimum Gasteiger partial charge on any atom is -0.368 e. The van der Waals surface area contributed by atoms with Crippen molar-refractivity contribution in [2.75, 3.05) is 11.4 Å². The van der Waals surface area contributed by atoms with Crippen molar-refractivity contribution in [1.82, 2.24) is 0 Å². The lowest BCUT2D eigenvalue weighted by Crippen LogP contribution is -2.38. The van der Waals surface area contributed by atoms with E-state index in [9.17, 15) is 0 Å². The van der Waals surface area contributed by atoms with Gasteiger partial charge in [-0.1, -0.05) is 12.1 Å². The number of anilines is 1. The van der Waals surface area contributed by atoms with E-state index in [4.69, 9.17) is 5.73 Å². The second-order valence-electron chi connectivity index (χ2n) is 6.09. The summed E-state index contributed by atoms with van der Waals surface area (Å²) in [6.07, 6.45) is 5.35. The molecule has 0 unspecified atom stereocenters. The third-order valence-corrected chi connectivity index (χ3v) is 4.27. The molecular formula is C15H22N2. The highest BCUT2D eigenvalue weighted by molar-refractivity contribution is 5.60. The number of hydrogen-bond donors (Lipinski definition) is 1. The molecule has 3 rings (SSSR count). The minimum atomic E-state index is -0.223. The lowest BCUT2D eigenvalue weighted by Gasteiger charge is -2.36. The third kappa shape index (κ3) is 1.85. The van der Waals surface area contributed by atoms with Crippen molar-refractivity contribution in [3.63, 3.8) is 0 Å². The van der Waals surface area contributed by atoms with Crippen LogP contribution in [-0.4, -0.2) is 12.6 Å². The molecule has 0 radical (unpaired) electrons. The van der Waals surface area contributed by atoms with Crippen LogP contribution >= 0.6 is 0 Å². The molecule has 0 atom stereocenters. The van der Waals surface area contributed by atoms with Crippen molar-refractivity contribution < 1.29 is 0 Å². The van der Waals surface area contributed by atoms with E-state index in [0.717, 1.165) is 6.04 Å². The summed E-state index contributed by atoms with van der Waals surface area (Å²) in [6.45, 7) is 5.36. The van der Waals surface area contributed by atoms with E-state index < -0.39 is 0 Å². The van der Waals surface area contributed by atoms with Gasteiger partial charge in [0.15, 0.2) is 0 Å². The number of benzene rings is 1. The summed E-state index contributed by atoms with van der Waals surface area (Å²) in [7, 11) is 0. The van der Waals surface area contributed by atoms with Crippen LogP contribution in [0.15, 0.2) is 18.2 Å². The predicted molar refractivity (Wildman–Crippen MR) is 72.3 cm³/mol. The van der Waals surface area contributed by atoms with E-state index in [1.54, 1.807) is 0 Å². The highest BCUT2D eigenvalue weighted by atomic mass is 15.2. The van der Waals surface area contributed by atoms with Crippen LogP contribution in [0.3, 0.4) is 0 Å². The summed E-state index contributed by atoms with van der Waals surface area (Å²) >= 11 is 0. The second kappa shape index (κ2) is 3.74. The van der Waals surface area contributed by atoms with Gasteiger partial charge in [-0.2, -0.15) is 0 Å². The molecule has 0 bridgehead atoms. The maximum absolute atomic E-state index is 6.17. The van der Waals surface area contributed by atoms with Crippen LogP contribution in [-0.2, 0) is 12.0 Å². The molecule has 2 N–H and O–H groups in total. The first-order chi connectivity index (χ1) is 8.05. The largest absolute Gasteiger partial charge is 0.368 e. The standard InChI is InChI=1S/C15H22N2/c1-15(2,16)12-6-7-14-11(10-12)8-9-17(14)13-4-3-5-13/h6-7,10,13H,3-5,8-9,16H2,1-2H3. The van der Waals surface area contributed by atoms with Crippen LogP contribution in [0.2, 0.25) is 0 Å². The Bertz CT molecular complexity index is 427.